The van der Waals surface area contributed by atoms with Gasteiger partial charge in [-0.25, -0.2) is 8.42 Å². The lowest BCUT2D eigenvalue weighted by Gasteiger charge is -2.12. The number of halogens is 1. The smallest absolute Gasteiger partial charge is 0.157 e. The zero-order valence-corrected chi connectivity index (χ0v) is 14.1. The van der Waals surface area contributed by atoms with Gasteiger partial charge in [-0.15, -0.1) is 0 Å². The predicted molar refractivity (Wildman–Crippen MR) is 91.0 cm³/mol. The zero-order valence-electron chi connectivity index (χ0n) is 12.6. The van der Waals surface area contributed by atoms with Crippen LogP contribution < -0.4 is 0 Å². The molecule has 1 N–H and O–H groups in total. The average Bonchev–Trinajstić information content (AvgIpc) is 2.50. The van der Waals surface area contributed by atoms with Crippen molar-refractivity contribution in [1.82, 2.24) is 0 Å². The molecule has 2 aromatic rings. The number of hydrogen-bond donors (Lipinski definition) is 1. The molecule has 23 heavy (non-hydrogen) atoms. The second kappa shape index (κ2) is 8.45. The van der Waals surface area contributed by atoms with Crippen molar-refractivity contribution in [2.24, 2.45) is 0 Å². The number of rotatable bonds is 8. The van der Waals surface area contributed by atoms with Crippen LogP contribution in [0.1, 0.15) is 11.1 Å². The molecule has 0 aliphatic rings. The van der Waals surface area contributed by atoms with Crippen LogP contribution in [0.2, 0.25) is 5.02 Å². The van der Waals surface area contributed by atoms with Gasteiger partial charge >= 0.3 is 0 Å². The Morgan fingerprint density at radius 2 is 1.65 bits per heavy atom. The van der Waals surface area contributed by atoms with Crippen molar-refractivity contribution < 1.29 is 18.3 Å². The highest BCUT2D eigenvalue weighted by molar-refractivity contribution is 7.90. The maximum atomic E-state index is 12.1. The van der Waals surface area contributed by atoms with E-state index in [1.807, 2.05) is 30.3 Å². The van der Waals surface area contributed by atoms with Crippen molar-refractivity contribution in [3.63, 3.8) is 0 Å². The standard InChI is InChI=1S/C17H19ClO4S/c18-16-8-6-15(7-9-16)12-23(20,21)13-17(19)11-22-10-14-4-2-1-3-5-14/h1-9,17,19H,10-13H2/t17-/m1/s1. The summed E-state index contributed by atoms with van der Waals surface area (Å²) in [6, 6.07) is 16.1. The van der Waals surface area contributed by atoms with E-state index in [0.717, 1.165) is 5.56 Å². The molecule has 0 aromatic heterocycles. The monoisotopic (exact) mass is 354 g/mol. The van der Waals surface area contributed by atoms with Crippen LogP contribution >= 0.6 is 11.6 Å². The maximum absolute atomic E-state index is 12.1. The lowest BCUT2D eigenvalue weighted by atomic mass is 10.2. The Kier molecular flexibility index (Phi) is 6.59. The van der Waals surface area contributed by atoms with Gasteiger partial charge in [0.1, 0.15) is 0 Å². The molecule has 0 spiro atoms. The van der Waals surface area contributed by atoms with Gasteiger partial charge in [0.2, 0.25) is 0 Å². The number of aliphatic hydroxyl groups is 1. The molecule has 4 nitrogen and oxygen atoms in total. The fourth-order valence-corrected chi connectivity index (χ4v) is 3.75. The first-order valence-electron chi connectivity index (χ1n) is 7.19. The topological polar surface area (TPSA) is 63.6 Å². The van der Waals surface area contributed by atoms with E-state index < -0.39 is 15.9 Å². The van der Waals surface area contributed by atoms with Gasteiger partial charge in [0, 0.05) is 5.02 Å². The summed E-state index contributed by atoms with van der Waals surface area (Å²) < 4.78 is 29.5. The van der Waals surface area contributed by atoms with Crippen LogP contribution in [0, 0.1) is 0 Å². The van der Waals surface area contributed by atoms with E-state index in [2.05, 4.69) is 0 Å². The third kappa shape index (κ3) is 6.71. The fourth-order valence-electron chi connectivity index (χ4n) is 2.12. The molecule has 0 aliphatic heterocycles. The summed E-state index contributed by atoms with van der Waals surface area (Å²) in [6.45, 7) is 0.323. The molecule has 124 valence electrons. The molecule has 0 saturated heterocycles. The Morgan fingerprint density at radius 1 is 1.00 bits per heavy atom. The van der Waals surface area contributed by atoms with E-state index >= 15 is 0 Å². The highest BCUT2D eigenvalue weighted by Crippen LogP contribution is 2.13. The molecule has 0 amide bonds. The van der Waals surface area contributed by atoms with Crippen LogP contribution in [0.4, 0.5) is 0 Å². The van der Waals surface area contributed by atoms with Crippen molar-refractivity contribution in [3.8, 4) is 0 Å². The SMILES string of the molecule is O=S(=O)(Cc1ccc(Cl)cc1)C[C@H](O)COCc1ccccc1. The number of ether oxygens (including phenoxy) is 1. The van der Waals surface area contributed by atoms with Crippen LogP contribution in [0.5, 0.6) is 0 Å². The molecule has 0 heterocycles. The van der Waals surface area contributed by atoms with Gasteiger partial charge in [-0.2, -0.15) is 0 Å². The number of sulfone groups is 1. The average molecular weight is 355 g/mol. The molecule has 0 radical (unpaired) electrons. The van der Waals surface area contributed by atoms with Gasteiger partial charge in [-0.05, 0) is 23.3 Å². The predicted octanol–water partition coefficient (Wildman–Crippen LogP) is 2.83. The van der Waals surface area contributed by atoms with Crippen LogP contribution in [0.25, 0.3) is 0 Å². The minimum Gasteiger partial charge on any atom is -0.390 e. The summed E-state index contributed by atoms with van der Waals surface area (Å²) in [7, 11) is -3.41. The van der Waals surface area contributed by atoms with E-state index in [1.54, 1.807) is 24.3 Å². The normalized spacial score (nSPS) is 13.0. The molecule has 0 unspecified atom stereocenters. The van der Waals surface area contributed by atoms with Crippen molar-refractivity contribution in [2.75, 3.05) is 12.4 Å². The second-order valence-electron chi connectivity index (χ2n) is 5.34. The van der Waals surface area contributed by atoms with E-state index in [4.69, 9.17) is 16.3 Å². The molecule has 0 aliphatic carbocycles. The van der Waals surface area contributed by atoms with E-state index in [1.165, 1.54) is 0 Å². The molecule has 0 fully saturated rings. The van der Waals surface area contributed by atoms with Crippen LogP contribution in [0.15, 0.2) is 54.6 Å². The van der Waals surface area contributed by atoms with Crippen molar-refractivity contribution in [1.29, 1.82) is 0 Å². The molecule has 0 bridgehead atoms. The zero-order chi connectivity index (χ0) is 16.7. The van der Waals surface area contributed by atoms with Crippen LogP contribution in [-0.2, 0) is 26.9 Å². The first-order valence-corrected chi connectivity index (χ1v) is 9.39. The minimum atomic E-state index is -3.41. The van der Waals surface area contributed by atoms with Gasteiger partial charge in [-0.3, -0.25) is 0 Å². The first kappa shape index (κ1) is 17.9. The highest BCUT2D eigenvalue weighted by atomic mass is 35.5. The molecule has 6 heteroatoms. The number of hydrogen-bond acceptors (Lipinski definition) is 4. The van der Waals surface area contributed by atoms with Crippen molar-refractivity contribution in [3.05, 3.63) is 70.7 Å². The molecular weight excluding hydrogens is 336 g/mol. The van der Waals surface area contributed by atoms with Crippen LogP contribution in [0.3, 0.4) is 0 Å². The van der Waals surface area contributed by atoms with Gasteiger partial charge in [0.05, 0.1) is 30.8 Å². The third-order valence-electron chi connectivity index (χ3n) is 3.17. The Hall–Kier alpha value is -1.40. The maximum Gasteiger partial charge on any atom is 0.157 e. The Morgan fingerprint density at radius 3 is 2.30 bits per heavy atom. The fraction of sp³-hybridized carbons (Fsp3) is 0.294. The summed E-state index contributed by atoms with van der Waals surface area (Å²) in [6.07, 6.45) is -1.05. The lowest BCUT2D eigenvalue weighted by Crippen LogP contribution is -2.26. The van der Waals surface area contributed by atoms with E-state index in [-0.39, 0.29) is 18.1 Å². The minimum absolute atomic E-state index is 0.0191. The summed E-state index contributed by atoms with van der Waals surface area (Å²) >= 11 is 5.77. The van der Waals surface area contributed by atoms with Gasteiger partial charge in [-0.1, -0.05) is 54.1 Å². The molecule has 1 atom stereocenters. The van der Waals surface area contributed by atoms with E-state index in [0.29, 0.717) is 17.2 Å². The largest absolute Gasteiger partial charge is 0.390 e. The summed E-state index contributed by atoms with van der Waals surface area (Å²) in [4.78, 5) is 0. The van der Waals surface area contributed by atoms with Crippen molar-refractivity contribution >= 4 is 21.4 Å². The van der Waals surface area contributed by atoms with Crippen LogP contribution in [-0.4, -0.2) is 32.0 Å². The first-order chi connectivity index (χ1) is 10.9. The summed E-state index contributed by atoms with van der Waals surface area (Å²) in [5.74, 6) is -0.454. The molecular formula is C17H19ClO4S. The number of aliphatic hydroxyl groups excluding tert-OH is 1. The summed E-state index contributed by atoms with van der Waals surface area (Å²) in [5.41, 5.74) is 1.62. The third-order valence-corrected chi connectivity index (χ3v) is 5.09. The molecule has 0 saturated carbocycles. The van der Waals surface area contributed by atoms with Gasteiger partial charge in [0.25, 0.3) is 0 Å². The van der Waals surface area contributed by atoms with Gasteiger partial charge < -0.3 is 9.84 Å². The Balaban J connectivity index is 1.79. The lowest BCUT2D eigenvalue weighted by molar-refractivity contribution is 0.0390. The molecule has 2 aromatic carbocycles. The Bertz CT molecular complexity index is 699. The van der Waals surface area contributed by atoms with E-state index in [9.17, 15) is 13.5 Å². The number of benzene rings is 2. The second-order valence-corrected chi connectivity index (χ2v) is 7.88. The highest BCUT2D eigenvalue weighted by Gasteiger charge is 2.18. The quantitative estimate of drug-likeness (QED) is 0.791. The Labute approximate surface area is 141 Å². The van der Waals surface area contributed by atoms with Crippen molar-refractivity contribution in [2.45, 2.75) is 18.5 Å². The van der Waals surface area contributed by atoms with Gasteiger partial charge in [0.15, 0.2) is 9.84 Å². The summed E-state index contributed by atoms with van der Waals surface area (Å²) in [5, 5.41) is 10.4. The molecule has 2 rings (SSSR count).